The zero-order valence-electron chi connectivity index (χ0n) is 37.8. The Morgan fingerprint density at radius 1 is 0.612 bits per heavy atom. The summed E-state index contributed by atoms with van der Waals surface area (Å²) in [5.74, 6) is 0.301. The predicted molar refractivity (Wildman–Crippen MR) is 270 cm³/mol. The second-order valence-electron chi connectivity index (χ2n) is 17.3. The molecule has 10 rings (SSSR count). The lowest BCUT2D eigenvalue weighted by Gasteiger charge is -2.30. The number of fused-ring (bicyclic) bond motifs is 4. The number of rotatable bonds is 6. The van der Waals surface area contributed by atoms with Crippen LogP contribution >= 0.6 is 35.0 Å². The standard InChI is InChI=1S/C27H26ClN3O2S.C27H26ClN3OS/c1-34(33)24-8-12-30-27-23(24)6-4-20-16-21(28)5-7-22(20)26(27)19-9-13-31(14-10-19)25(32)15-18-3-2-11-29-17-18;1-33-24-8-12-30-27-23(24)6-4-20-16-21(28)5-7-22(20)26(27)19-9-13-31(14-10-19)25(32)15-18-3-2-11-29-17-18/h2-3,5,7-8,11-12,16-17H,4,6,9-10,13-15H2,1H3;2-3,5,7-8,11-12,16-17H,4,6,9-10,13-15H2,1H3. The maximum Gasteiger partial charge on any atom is 0.227 e. The Balaban J connectivity index is 0.000000168. The fourth-order valence-corrected chi connectivity index (χ4v) is 11.8. The number of hydrogen-bond acceptors (Lipinski definition) is 8. The lowest BCUT2D eigenvalue weighted by Crippen LogP contribution is -2.37. The second-order valence-corrected chi connectivity index (χ2v) is 20.4. The zero-order chi connectivity index (χ0) is 46.4. The Labute approximate surface area is 409 Å². The lowest BCUT2D eigenvalue weighted by atomic mass is 9.88. The normalized spacial score (nSPS) is 16.1. The average molecular weight is 968 g/mol. The van der Waals surface area contributed by atoms with Crippen molar-refractivity contribution in [2.45, 2.75) is 74.0 Å². The van der Waals surface area contributed by atoms with Crippen molar-refractivity contribution in [3.63, 3.8) is 0 Å². The third-order valence-corrected chi connectivity index (χ3v) is 15.6. The van der Waals surface area contributed by atoms with Gasteiger partial charge in [0, 0.05) is 101 Å². The van der Waals surface area contributed by atoms with Gasteiger partial charge in [0.15, 0.2) is 0 Å². The number of likely N-dealkylation sites (tertiary alicyclic amines) is 2. The van der Waals surface area contributed by atoms with Crippen LogP contribution in [0.4, 0.5) is 0 Å². The molecule has 2 fully saturated rings. The molecule has 2 aromatic carbocycles. The quantitative estimate of drug-likeness (QED) is 0.152. The number of carbonyl (C=O) groups excluding carboxylic acids is 2. The van der Waals surface area contributed by atoms with Crippen LogP contribution in [0.1, 0.15) is 81.6 Å². The summed E-state index contributed by atoms with van der Waals surface area (Å²) < 4.78 is 12.5. The highest BCUT2D eigenvalue weighted by Crippen LogP contribution is 2.42. The number of piperidine rings is 2. The van der Waals surface area contributed by atoms with Gasteiger partial charge in [-0.3, -0.25) is 33.7 Å². The highest BCUT2D eigenvalue weighted by molar-refractivity contribution is 7.98. The van der Waals surface area contributed by atoms with Gasteiger partial charge in [-0.1, -0.05) is 58.6 Å². The molecule has 4 aromatic heterocycles. The summed E-state index contributed by atoms with van der Waals surface area (Å²) in [7, 11) is -1.09. The Morgan fingerprint density at radius 3 is 1.55 bits per heavy atom. The molecule has 4 aliphatic rings. The summed E-state index contributed by atoms with van der Waals surface area (Å²) in [6.45, 7) is 2.82. The van der Waals surface area contributed by atoms with Crippen LogP contribution in [0.15, 0.2) is 131 Å². The first-order chi connectivity index (χ1) is 32.6. The topological polar surface area (TPSA) is 109 Å². The van der Waals surface area contributed by atoms with Gasteiger partial charge in [-0.15, -0.1) is 11.8 Å². The summed E-state index contributed by atoms with van der Waals surface area (Å²) in [4.78, 5) is 49.8. The molecule has 0 bridgehead atoms. The van der Waals surface area contributed by atoms with E-state index in [1.54, 1.807) is 49.0 Å². The fraction of sp³-hybridized carbons (Fsp3) is 0.296. The average Bonchev–Trinajstić information content (AvgIpc) is 3.62. The highest BCUT2D eigenvalue weighted by atomic mass is 35.5. The molecule has 0 spiro atoms. The van der Waals surface area contributed by atoms with Crippen LogP contribution in [-0.2, 0) is 58.9 Å². The van der Waals surface area contributed by atoms with Gasteiger partial charge in [0.25, 0.3) is 0 Å². The van der Waals surface area contributed by atoms with E-state index in [0.717, 1.165) is 119 Å². The first-order valence-electron chi connectivity index (χ1n) is 22.8. The Morgan fingerprint density at radius 2 is 1.09 bits per heavy atom. The van der Waals surface area contributed by atoms with Crippen LogP contribution in [0.3, 0.4) is 0 Å². The number of benzene rings is 2. The molecule has 2 aliphatic carbocycles. The van der Waals surface area contributed by atoms with Crippen molar-refractivity contribution in [1.29, 1.82) is 0 Å². The van der Waals surface area contributed by atoms with E-state index in [1.165, 1.54) is 43.9 Å². The molecule has 1 unspecified atom stereocenters. The van der Waals surface area contributed by atoms with E-state index in [1.807, 2.05) is 64.5 Å². The number of nitrogens with zero attached hydrogens (tertiary/aromatic N) is 6. The minimum Gasteiger partial charge on any atom is -0.342 e. The number of pyridine rings is 4. The lowest BCUT2D eigenvalue weighted by molar-refractivity contribution is -0.131. The Kier molecular flexibility index (Phi) is 14.8. The van der Waals surface area contributed by atoms with E-state index in [2.05, 4.69) is 40.5 Å². The van der Waals surface area contributed by atoms with Gasteiger partial charge in [0.05, 0.1) is 35.0 Å². The van der Waals surface area contributed by atoms with Crippen LogP contribution in [0.25, 0.3) is 11.1 Å². The van der Waals surface area contributed by atoms with Crippen molar-refractivity contribution in [2.75, 3.05) is 38.7 Å². The monoisotopic (exact) mass is 966 g/mol. The predicted octanol–water partition coefficient (Wildman–Crippen LogP) is 10.3. The van der Waals surface area contributed by atoms with E-state index < -0.39 is 10.8 Å². The highest BCUT2D eigenvalue weighted by Gasteiger charge is 2.30. The van der Waals surface area contributed by atoms with Crippen LogP contribution in [0, 0.1) is 0 Å². The van der Waals surface area contributed by atoms with Crippen molar-refractivity contribution in [1.82, 2.24) is 29.7 Å². The van der Waals surface area contributed by atoms with Gasteiger partial charge in [0.2, 0.25) is 11.8 Å². The second kappa shape index (κ2) is 21.2. The van der Waals surface area contributed by atoms with Crippen molar-refractivity contribution in [3.8, 4) is 0 Å². The molecule has 13 heteroatoms. The van der Waals surface area contributed by atoms with Crippen LogP contribution < -0.4 is 0 Å². The fourth-order valence-electron chi connectivity index (χ4n) is 9.97. The molecule has 6 heterocycles. The maximum absolute atomic E-state index is 12.9. The number of carbonyl (C=O) groups is 2. The molecule has 9 nitrogen and oxygen atoms in total. The first-order valence-corrected chi connectivity index (χ1v) is 26.4. The van der Waals surface area contributed by atoms with Crippen molar-refractivity contribution >= 4 is 68.7 Å². The number of hydrogen-bond donors (Lipinski definition) is 0. The molecule has 2 amide bonds. The number of aryl methyl sites for hydroxylation is 2. The molecule has 0 N–H and O–H groups in total. The summed E-state index contributed by atoms with van der Waals surface area (Å²) in [5, 5.41) is 1.50. The number of thioether (sulfide) groups is 1. The summed E-state index contributed by atoms with van der Waals surface area (Å²) in [6, 6.07) is 23.9. The minimum absolute atomic E-state index is 0.132. The molecule has 0 radical (unpaired) electrons. The van der Waals surface area contributed by atoms with Gasteiger partial charge >= 0.3 is 0 Å². The number of halogens is 2. The SMILES string of the molecule is CS(=O)c1ccnc2c1CCc1cc(Cl)ccc1C2=C1CCN(C(=O)Cc2cccnc2)CC1.CSc1ccnc2c1CCc1cc(Cl)ccc1C2=C1CCN(C(=O)Cc2cccnc2)CC1. The van der Waals surface area contributed by atoms with Crippen molar-refractivity contribution < 1.29 is 13.8 Å². The molecule has 2 saturated heterocycles. The molecule has 1 atom stereocenters. The summed E-state index contributed by atoms with van der Waals surface area (Å²) in [5.41, 5.74) is 16.3. The van der Waals surface area contributed by atoms with Gasteiger partial charge in [-0.2, -0.15) is 0 Å². The van der Waals surface area contributed by atoms with E-state index in [0.29, 0.717) is 25.9 Å². The number of aromatic nitrogens is 4. The van der Waals surface area contributed by atoms with Gasteiger partial charge in [0.1, 0.15) is 0 Å². The van der Waals surface area contributed by atoms with Crippen molar-refractivity contribution in [2.24, 2.45) is 0 Å². The van der Waals surface area contributed by atoms with E-state index in [9.17, 15) is 13.8 Å². The van der Waals surface area contributed by atoms with Crippen molar-refractivity contribution in [3.05, 3.63) is 187 Å². The molecular weight excluding hydrogens is 916 g/mol. The number of amides is 2. The first kappa shape index (κ1) is 46.6. The van der Waals surface area contributed by atoms with Crippen LogP contribution in [0.2, 0.25) is 10.0 Å². The van der Waals surface area contributed by atoms with E-state index >= 15 is 0 Å². The van der Waals surface area contributed by atoms with Gasteiger partial charge in [-0.05, 0) is 151 Å². The minimum atomic E-state index is -1.09. The molecule has 6 aromatic rings. The molecule has 342 valence electrons. The summed E-state index contributed by atoms with van der Waals surface area (Å²) >= 11 is 14.5. The van der Waals surface area contributed by atoms with Gasteiger partial charge in [-0.25, -0.2) is 0 Å². The van der Waals surface area contributed by atoms with Crippen LogP contribution in [0.5, 0.6) is 0 Å². The third kappa shape index (κ3) is 10.5. The Hall–Kier alpha value is -5.46. The van der Waals surface area contributed by atoms with Crippen LogP contribution in [-0.4, -0.2) is 84.4 Å². The summed E-state index contributed by atoms with van der Waals surface area (Å²) in [6.07, 6.45) is 22.1. The molecule has 67 heavy (non-hydrogen) atoms. The van der Waals surface area contributed by atoms with E-state index in [-0.39, 0.29) is 11.8 Å². The molecule has 2 aliphatic heterocycles. The zero-order valence-corrected chi connectivity index (χ0v) is 40.9. The third-order valence-electron chi connectivity index (χ3n) is 13.3. The smallest absolute Gasteiger partial charge is 0.227 e. The van der Waals surface area contributed by atoms with Gasteiger partial charge < -0.3 is 9.80 Å². The maximum atomic E-state index is 12.9. The molecular formula is C54H52Cl2N6O3S2. The Bertz CT molecular complexity index is 2910. The van der Waals surface area contributed by atoms with E-state index in [4.69, 9.17) is 33.2 Å². The largest absolute Gasteiger partial charge is 0.342 e. The molecule has 0 saturated carbocycles.